The van der Waals surface area contributed by atoms with Crippen LogP contribution in [-0.4, -0.2) is 75.0 Å². The van der Waals surface area contributed by atoms with Crippen LogP contribution in [0.3, 0.4) is 0 Å². The second kappa shape index (κ2) is 11.8. The lowest BCUT2D eigenvalue weighted by atomic mass is 9.72. The largest absolute Gasteiger partial charge is 0.507 e. The first-order valence-electron chi connectivity index (χ1n) is 15.0. The third-order valence-electron chi connectivity index (χ3n) is 9.30. The number of anilines is 1. The van der Waals surface area contributed by atoms with Gasteiger partial charge in [-0.25, -0.2) is 0 Å². The van der Waals surface area contributed by atoms with E-state index in [0.717, 1.165) is 5.56 Å². The number of phenolic OH excluding ortho intramolecular Hbond substituents is 2. The molecule has 7 N–H and O–H groups in total. The topological polar surface area (TPSA) is 198 Å². The van der Waals surface area contributed by atoms with Crippen molar-refractivity contribution in [2.24, 2.45) is 0 Å². The molecule has 0 saturated carbocycles. The van der Waals surface area contributed by atoms with Gasteiger partial charge in [0.1, 0.15) is 22.8 Å². The quantitative estimate of drug-likeness (QED) is 0.129. The van der Waals surface area contributed by atoms with E-state index in [1.807, 2.05) is 12.1 Å². The number of aliphatic hydroxyl groups is 2. The number of Topliss-reactive ketones (excluding diaryl/α,β-unsaturated/α-hetero) is 1. The van der Waals surface area contributed by atoms with Crippen molar-refractivity contribution in [3.63, 3.8) is 0 Å². The highest BCUT2D eigenvalue weighted by atomic mass is 16.7. The molecule has 2 aliphatic carbocycles. The lowest BCUT2D eigenvalue weighted by molar-refractivity contribution is -0.249. The minimum atomic E-state index is -2.02. The molecule has 3 aliphatic rings. The molecule has 0 amide bonds. The van der Waals surface area contributed by atoms with Gasteiger partial charge in [-0.05, 0) is 37.6 Å². The molecule has 12 heteroatoms. The van der Waals surface area contributed by atoms with Gasteiger partial charge in [0.05, 0.1) is 42.1 Å². The highest BCUT2D eigenvalue weighted by Crippen LogP contribution is 2.52. The van der Waals surface area contributed by atoms with E-state index < -0.39 is 82.6 Å². The third kappa shape index (κ3) is 5.21. The van der Waals surface area contributed by atoms with E-state index in [2.05, 4.69) is 5.32 Å². The molecule has 0 radical (unpaired) electrons. The number of hydrogen-bond donors (Lipinski definition) is 6. The Kier molecular flexibility index (Phi) is 8.11. The van der Waals surface area contributed by atoms with Crippen molar-refractivity contribution in [1.82, 2.24) is 5.32 Å². The Morgan fingerprint density at radius 2 is 1.76 bits per heavy atom. The van der Waals surface area contributed by atoms with Crippen molar-refractivity contribution in [2.45, 2.75) is 75.9 Å². The fourth-order valence-electron chi connectivity index (χ4n) is 6.71. The summed E-state index contributed by atoms with van der Waals surface area (Å²) in [6.45, 7) is 3.29. The van der Waals surface area contributed by atoms with Crippen LogP contribution in [0.5, 0.6) is 17.2 Å². The predicted octanol–water partition coefficient (Wildman–Crippen LogP) is 2.44. The summed E-state index contributed by atoms with van der Waals surface area (Å²) in [6, 6.07) is 11.2. The lowest BCUT2D eigenvalue weighted by Gasteiger charge is -2.43. The number of aromatic hydroxyl groups is 2. The summed E-state index contributed by atoms with van der Waals surface area (Å²) in [5.41, 5.74) is 4.29. The van der Waals surface area contributed by atoms with Gasteiger partial charge in [-0.2, -0.15) is 0 Å². The van der Waals surface area contributed by atoms with Gasteiger partial charge in [0, 0.05) is 54.2 Å². The maximum atomic E-state index is 13.8. The summed E-state index contributed by atoms with van der Waals surface area (Å²) in [7, 11) is 1.35. The minimum absolute atomic E-state index is 0.0161. The van der Waals surface area contributed by atoms with Crippen LogP contribution >= 0.6 is 0 Å². The van der Waals surface area contributed by atoms with E-state index in [1.165, 1.54) is 32.2 Å². The Labute approximate surface area is 264 Å². The molecule has 1 saturated heterocycles. The lowest BCUT2D eigenvalue weighted by Crippen LogP contribution is -2.54. The van der Waals surface area contributed by atoms with E-state index in [1.54, 1.807) is 19.1 Å². The second-order valence-corrected chi connectivity index (χ2v) is 12.2. The van der Waals surface area contributed by atoms with E-state index >= 15 is 0 Å². The monoisotopic (exact) mass is 632 g/mol. The van der Waals surface area contributed by atoms with Gasteiger partial charge in [-0.15, -0.1) is 0 Å². The van der Waals surface area contributed by atoms with Gasteiger partial charge in [0.25, 0.3) is 0 Å². The Morgan fingerprint density at radius 1 is 1.07 bits per heavy atom. The van der Waals surface area contributed by atoms with Gasteiger partial charge in [0.2, 0.25) is 5.78 Å². The van der Waals surface area contributed by atoms with Gasteiger partial charge in [0.15, 0.2) is 17.9 Å². The summed E-state index contributed by atoms with van der Waals surface area (Å²) in [5.74, 6) is -3.17. The molecule has 242 valence electrons. The first-order valence-corrected chi connectivity index (χ1v) is 15.0. The van der Waals surface area contributed by atoms with Crippen molar-refractivity contribution in [2.75, 3.05) is 12.8 Å². The summed E-state index contributed by atoms with van der Waals surface area (Å²) < 4.78 is 17.6. The number of benzene rings is 3. The number of hydrogen-bond acceptors (Lipinski definition) is 12. The normalized spacial score (nSPS) is 27.0. The molecule has 3 aromatic rings. The van der Waals surface area contributed by atoms with E-state index in [-0.39, 0.29) is 40.8 Å². The van der Waals surface area contributed by atoms with Crippen LogP contribution in [0.1, 0.15) is 81.3 Å². The first kappa shape index (κ1) is 31.6. The Hall–Kier alpha value is -4.33. The van der Waals surface area contributed by atoms with Crippen molar-refractivity contribution < 1.29 is 49.0 Å². The molecular weight excluding hydrogens is 596 g/mol. The Bertz CT molecular complexity index is 1740. The molecule has 1 fully saturated rings. The summed E-state index contributed by atoms with van der Waals surface area (Å²) in [6.07, 6.45) is -4.45. The fraction of sp³-hybridized carbons (Fsp3) is 0.382. The number of ketones is 3. The molecule has 1 heterocycles. The van der Waals surface area contributed by atoms with E-state index in [9.17, 15) is 34.8 Å². The number of aliphatic hydroxyl groups excluding tert-OH is 1. The molecular formula is C34H36N2O10. The van der Waals surface area contributed by atoms with Crippen LogP contribution in [-0.2, 0) is 27.2 Å². The zero-order valence-electron chi connectivity index (χ0n) is 25.6. The predicted molar refractivity (Wildman–Crippen MR) is 164 cm³/mol. The number of fused-ring (bicyclic) bond motifs is 3. The average Bonchev–Trinajstić information content (AvgIpc) is 3.02. The SMILES string of the molecule is COc1cccc2c1C(=O)c1c(O)c3c(c(O)c1C2=O)C[C@@](O)(C(C)=O)CC3OC1CC(NCc2ccc(N)cc2)C(O)C(C)O1. The van der Waals surface area contributed by atoms with Crippen molar-refractivity contribution in [3.8, 4) is 17.2 Å². The number of ether oxygens (including phenoxy) is 3. The molecule has 0 aromatic heterocycles. The van der Waals surface area contributed by atoms with Gasteiger partial charge >= 0.3 is 0 Å². The maximum Gasteiger partial charge on any atom is 0.202 e. The third-order valence-corrected chi connectivity index (χ3v) is 9.30. The van der Waals surface area contributed by atoms with Crippen LogP contribution in [0, 0.1) is 0 Å². The summed E-state index contributed by atoms with van der Waals surface area (Å²) >= 11 is 0. The Morgan fingerprint density at radius 3 is 2.43 bits per heavy atom. The molecule has 0 spiro atoms. The van der Waals surface area contributed by atoms with Crippen LogP contribution < -0.4 is 15.8 Å². The standard InChI is InChI=1S/C34H36N2O10/c1-15-29(38)21(36-14-17-7-9-18(35)10-8-17)11-24(45-15)46-23-13-34(43,16(2)37)12-20-26(23)33(42)28-27(31(20)40)30(39)19-5-4-6-22(44-3)25(19)32(28)41/h4-10,15,21,23-24,29,36,38,40,42-43H,11-14,35H2,1-3H3/t15?,21?,23?,24?,29?,34-/m0/s1. The Balaban J connectivity index is 1.38. The van der Waals surface area contributed by atoms with E-state index in [4.69, 9.17) is 19.9 Å². The molecule has 12 nitrogen and oxygen atoms in total. The minimum Gasteiger partial charge on any atom is -0.507 e. The number of carbonyl (C=O) groups is 3. The first-order chi connectivity index (χ1) is 21.8. The fourth-order valence-corrected chi connectivity index (χ4v) is 6.71. The number of nitrogens with one attached hydrogen (secondary N) is 1. The summed E-state index contributed by atoms with van der Waals surface area (Å²) in [5, 5.41) is 48.9. The summed E-state index contributed by atoms with van der Waals surface area (Å²) in [4.78, 5) is 40.2. The van der Waals surface area contributed by atoms with Crippen molar-refractivity contribution >= 4 is 23.0 Å². The van der Waals surface area contributed by atoms with Crippen molar-refractivity contribution in [1.29, 1.82) is 0 Å². The molecule has 1 aliphatic heterocycles. The number of phenols is 2. The van der Waals surface area contributed by atoms with Crippen molar-refractivity contribution in [3.05, 3.63) is 81.4 Å². The number of nitrogens with two attached hydrogens (primary N) is 1. The average molecular weight is 633 g/mol. The van der Waals surface area contributed by atoms with E-state index in [0.29, 0.717) is 12.2 Å². The molecule has 0 bridgehead atoms. The van der Waals surface area contributed by atoms with Gasteiger partial charge in [-0.3, -0.25) is 14.4 Å². The van der Waals surface area contributed by atoms with Crippen LogP contribution in [0.2, 0.25) is 0 Å². The molecule has 5 unspecified atom stereocenters. The molecule has 6 rings (SSSR count). The van der Waals surface area contributed by atoms with Crippen LogP contribution in [0.25, 0.3) is 0 Å². The van der Waals surface area contributed by atoms with Crippen LogP contribution in [0.4, 0.5) is 5.69 Å². The second-order valence-electron chi connectivity index (χ2n) is 12.2. The number of nitrogen functional groups attached to an aromatic ring is 1. The number of methoxy groups -OCH3 is 1. The maximum absolute atomic E-state index is 13.8. The van der Waals surface area contributed by atoms with Gasteiger partial charge in [-0.1, -0.05) is 24.3 Å². The molecule has 46 heavy (non-hydrogen) atoms. The smallest absolute Gasteiger partial charge is 0.202 e. The highest BCUT2D eigenvalue weighted by Gasteiger charge is 2.49. The molecule has 3 aromatic carbocycles. The number of rotatable bonds is 7. The number of carbonyl (C=O) groups excluding carboxylic acids is 3. The van der Waals surface area contributed by atoms with Crippen LogP contribution in [0.15, 0.2) is 42.5 Å². The zero-order chi connectivity index (χ0) is 33.1. The molecule has 6 atom stereocenters. The highest BCUT2D eigenvalue weighted by molar-refractivity contribution is 6.31. The zero-order valence-corrected chi connectivity index (χ0v) is 25.6. The van der Waals surface area contributed by atoms with Gasteiger partial charge < -0.3 is 45.7 Å².